The number of hydrogen-bond acceptors (Lipinski definition) is 2. The van der Waals surface area contributed by atoms with E-state index in [4.69, 9.17) is 0 Å². The molecule has 17 heavy (non-hydrogen) atoms. The van der Waals surface area contributed by atoms with Crippen LogP contribution in [0.3, 0.4) is 0 Å². The molecule has 0 aliphatic carbocycles. The maximum Gasteiger partial charge on any atom is 0.0601 e. The molecule has 0 spiro atoms. The van der Waals surface area contributed by atoms with Crippen LogP contribution in [0.4, 0.5) is 5.69 Å². The summed E-state index contributed by atoms with van der Waals surface area (Å²) in [6, 6.07) is 14.5. The second-order valence-electron chi connectivity index (χ2n) is 3.82. The highest BCUT2D eigenvalue weighted by Gasteiger charge is 2.05. The van der Waals surface area contributed by atoms with Crippen LogP contribution in [0.5, 0.6) is 0 Å². The van der Waals surface area contributed by atoms with Crippen LogP contribution < -0.4 is 4.90 Å². The van der Waals surface area contributed by atoms with E-state index in [1.54, 1.807) is 0 Å². The van der Waals surface area contributed by atoms with Gasteiger partial charge < -0.3 is 4.90 Å². The third kappa shape index (κ3) is 3.30. The molecule has 0 atom stereocenters. The average Bonchev–Trinajstić information content (AvgIpc) is 2.39. The number of para-hydroxylation sites is 1. The Morgan fingerprint density at radius 3 is 2.47 bits per heavy atom. The van der Waals surface area contributed by atoms with Crippen molar-refractivity contribution in [1.82, 2.24) is 4.98 Å². The van der Waals surface area contributed by atoms with Crippen molar-refractivity contribution >= 4 is 21.6 Å². The Labute approximate surface area is 110 Å². The van der Waals surface area contributed by atoms with E-state index in [0.29, 0.717) is 0 Å². The molecular formula is C14H15BrN2. The van der Waals surface area contributed by atoms with Crippen LogP contribution in [-0.4, -0.2) is 11.5 Å². The van der Waals surface area contributed by atoms with Crippen molar-refractivity contribution in [2.24, 2.45) is 0 Å². The summed E-state index contributed by atoms with van der Waals surface area (Å²) in [5.74, 6) is 0. The summed E-state index contributed by atoms with van der Waals surface area (Å²) in [5, 5.41) is 0. The molecule has 88 valence electrons. The Hall–Kier alpha value is -1.35. The van der Waals surface area contributed by atoms with Gasteiger partial charge in [0.1, 0.15) is 0 Å². The molecule has 0 unspecified atom stereocenters. The van der Waals surface area contributed by atoms with Crippen molar-refractivity contribution in [1.29, 1.82) is 0 Å². The summed E-state index contributed by atoms with van der Waals surface area (Å²) in [7, 11) is 0. The molecule has 0 amide bonds. The smallest absolute Gasteiger partial charge is 0.0601 e. The molecule has 0 aliphatic rings. The van der Waals surface area contributed by atoms with Crippen LogP contribution in [-0.2, 0) is 6.54 Å². The molecule has 0 radical (unpaired) electrons. The quantitative estimate of drug-likeness (QED) is 0.850. The van der Waals surface area contributed by atoms with E-state index in [-0.39, 0.29) is 0 Å². The van der Waals surface area contributed by atoms with Gasteiger partial charge in [-0.3, -0.25) is 4.98 Å². The molecule has 0 fully saturated rings. The van der Waals surface area contributed by atoms with Gasteiger partial charge in [-0.15, -0.1) is 0 Å². The summed E-state index contributed by atoms with van der Waals surface area (Å²) in [4.78, 5) is 6.70. The molecule has 0 saturated carbocycles. The van der Waals surface area contributed by atoms with Crippen LogP contribution in [0, 0.1) is 0 Å². The van der Waals surface area contributed by atoms with Gasteiger partial charge in [-0.05, 0) is 47.1 Å². The Morgan fingerprint density at radius 2 is 1.88 bits per heavy atom. The first-order valence-electron chi connectivity index (χ1n) is 5.70. The molecule has 0 saturated heterocycles. The summed E-state index contributed by atoms with van der Waals surface area (Å²) in [6.07, 6.45) is 1.84. The van der Waals surface area contributed by atoms with Crippen LogP contribution >= 0.6 is 15.9 Å². The number of anilines is 1. The summed E-state index contributed by atoms with van der Waals surface area (Å²) in [6.45, 7) is 3.97. The van der Waals surface area contributed by atoms with E-state index in [2.05, 4.69) is 63.1 Å². The first-order valence-corrected chi connectivity index (χ1v) is 6.49. The lowest BCUT2D eigenvalue weighted by atomic mass is 10.2. The van der Waals surface area contributed by atoms with Crippen molar-refractivity contribution < 1.29 is 0 Å². The first kappa shape index (κ1) is 12.1. The number of rotatable bonds is 4. The fourth-order valence-corrected chi connectivity index (χ4v) is 1.95. The minimum absolute atomic E-state index is 0.841. The third-order valence-corrected chi connectivity index (χ3v) is 3.11. The topological polar surface area (TPSA) is 16.1 Å². The number of benzene rings is 1. The third-order valence-electron chi connectivity index (χ3n) is 2.64. The Balaban J connectivity index is 2.13. The van der Waals surface area contributed by atoms with Crippen LogP contribution in [0.15, 0.2) is 53.1 Å². The van der Waals surface area contributed by atoms with E-state index in [1.165, 1.54) is 5.69 Å². The lowest BCUT2D eigenvalue weighted by molar-refractivity contribution is 0.809. The van der Waals surface area contributed by atoms with Crippen molar-refractivity contribution in [2.45, 2.75) is 13.5 Å². The van der Waals surface area contributed by atoms with Crippen LogP contribution in [0.2, 0.25) is 0 Å². The zero-order valence-corrected chi connectivity index (χ0v) is 11.4. The van der Waals surface area contributed by atoms with E-state index >= 15 is 0 Å². The largest absolute Gasteiger partial charge is 0.366 e. The maximum absolute atomic E-state index is 4.40. The van der Waals surface area contributed by atoms with Crippen molar-refractivity contribution in [3.8, 4) is 0 Å². The highest BCUT2D eigenvalue weighted by molar-refractivity contribution is 9.10. The van der Waals surface area contributed by atoms with Gasteiger partial charge in [0.15, 0.2) is 0 Å². The number of nitrogens with zero attached hydrogens (tertiary/aromatic N) is 2. The molecule has 2 rings (SSSR count). The standard InChI is InChI=1S/C14H15BrN2/c1-2-17(14-6-4-3-5-7-14)11-13-9-8-12(15)10-16-13/h3-10H,2,11H2,1H3. The molecule has 0 bridgehead atoms. The summed E-state index contributed by atoms with van der Waals surface area (Å²) in [5.41, 5.74) is 2.32. The monoisotopic (exact) mass is 290 g/mol. The Bertz CT molecular complexity index is 453. The number of pyridine rings is 1. The van der Waals surface area contributed by atoms with Gasteiger partial charge in [0, 0.05) is 22.9 Å². The molecular weight excluding hydrogens is 276 g/mol. The van der Waals surface area contributed by atoms with Crippen molar-refractivity contribution in [2.75, 3.05) is 11.4 Å². The number of hydrogen-bond donors (Lipinski definition) is 0. The predicted molar refractivity (Wildman–Crippen MR) is 75.1 cm³/mol. The molecule has 1 heterocycles. The zero-order chi connectivity index (χ0) is 12.1. The minimum Gasteiger partial charge on any atom is -0.366 e. The predicted octanol–water partition coefficient (Wildman–Crippen LogP) is 3.87. The average molecular weight is 291 g/mol. The molecule has 2 aromatic rings. The molecule has 1 aromatic heterocycles. The molecule has 2 nitrogen and oxygen atoms in total. The summed E-state index contributed by atoms with van der Waals surface area (Å²) < 4.78 is 1.02. The number of aromatic nitrogens is 1. The Kier molecular flexibility index (Phi) is 4.15. The van der Waals surface area contributed by atoms with E-state index in [9.17, 15) is 0 Å². The summed E-state index contributed by atoms with van der Waals surface area (Å²) >= 11 is 3.40. The zero-order valence-electron chi connectivity index (χ0n) is 9.81. The van der Waals surface area contributed by atoms with Crippen molar-refractivity contribution in [3.63, 3.8) is 0 Å². The molecule has 3 heteroatoms. The SMILES string of the molecule is CCN(Cc1ccc(Br)cn1)c1ccccc1. The Morgan fingerprint density at radius 1 is 1.12 bits per heavy atom. The van der Waals surface area contributed by atoms with Gasteiger partial charge in [0.2, 0.25) is 0 Å². The fraction of sp³-hybridized carbons (Fsp3) is 0.214. The van der Waals surface area contributed by atoms with E-state index in [0.717, 1.165) is 23.3 Å². The lowest BCUT2D eigenvalue weighted by Crippen LogP contribution is -2.22. The van der Waals surface area contributed by atoms with Gasteiger partial charge >= 0.3 is 0 Å². The van der Waals surface area contributed by atoms with Gasteiger partial charge in [-0.1, -0.05) is 18.2 Å². The minimum atomic E-state index is 0.841. The molecule has 0 N–H and O–H groups in total. The highest BCUT2D eigenvalue weighted by Crippen LogP contribution is 2.16. The first-order chi connectivity index (χ1) is 8.29. The lowest BCUT2D eigenvalue weighted by Gasteiger charge is -2.22. The fourth-order valence-electron chi connectivity index (χ4n) is 1.72. The van der Waals surface area contributed by atoms with Gasteiger partial charge in [-0.25, -0.2) is 0 Å². The van der Waals surface area contributed by atoms with Crippen LogP contribution in [0.1, 0.15) is 12.6 Å². The molecule has 0 aliphatic heterocycles. The van der Waals surface area contributed by atoms with Gasteiger partial charge in [0.05, 0.1) is 12.2 Å². The second-order valence-corrected chi connectivity index (χ2v) is 4.73. The van der Waals surface area contributed by atoms with E-state index < -0.39 is 0 Å². The van der Waals surface area contributed by atoms with Crippen molar-refractivity contribution in [3.05, 3.63) is 58.8 Å². The molecule has 1 aromatic carbocycles. The number of halogens is 1. The highest BCUT2D eigenvalue weighted by atomic mass is 79.9. The van der Waals surface area contributed by atoms with Gasteiger partial charge in [0.25, 0.3) is 0 Å². The maximum atomic E-state index is 4.40. The normalized spacial score (nSPS) is 10.2. The second kappa shape index (κ2) is 5.82. The van der Waals surface area contributed by atoms with E-state index in [1.807, 2.05) is 18.3 Å². The van der Waals surface area contributed by atoms with Gasteiger partial charge in [-0.2, -0.15) is 0 Å². The van der Waals surface area contributed by atoms with Crippen LogP contribution in [0.25, 0.3) is 0 Å².